The van der Waals surface area contributed by atoms with Gasteiger partial charge >= 0.3 is 0 Å². The lowest BCUT2D eigenvalue weighted by Gasteiger charge is -2.05. The lowest BCUT2D eigenvalue weighted by atomic mass is 10.1. The van der Waals surface area contributed by atoms with Gasteiger partial charge in [0.1, 0.15) is 0 Å². The summed E-state index contributed by atoms with van der Waals surface area (Å²) in [4.78, 5) is 11.2. The van der Waals surface area contributed by atoms with Crippen molar-refractivity contribution in [2.45, 2.75) is 19.4 Å². The van der Waals surface area contributed by atoms with Crippen LogP contribution in [-0.4, -0.2) is 18.3 Å². The number of alkyl halides is 1. The largest absolute Gasteiger partial charge is 0.326 e. The third-order valence-electron chi connectivity index (χ3n) is 2.61. The molecule has 4 heteroatoms. The van der Waals surface area contributed by atoms with Crippen LogP contribution in [0.5, 0.6) is 0 Å². The highest BCUT2D eigenvalue weighted by Gasteiger charge is 2.16. The molecule has 2 N–H and O–H groups in total. The second-order valence-electron chi connectivity index (χ2n) is 3.94. The van der Waals surface area contributed by atoms with E-state index in [1.54, 1.807) is 0 Å². The molecule has 1 aliphatic heterocycles. The van der Waals surface area contributed by atoms with Crippen molar-refractivity contribution in [2.75, 3.05) is 17.7 Å². The zero-order valence-electron chi connectivity index (χ0n) is 9.05. The van der Waals surface area contributed by atoms with Gasteiger partial charge in [0.05, 0.1) is 6.42 Å². The second kappa shape index (κ2) is 5.32. The first-order valence-electron chi connectivity index (χ1n) is 5.48. The van der Waals surface area contributed by atoms with E-state index in [-0.39, 0.29) is 5.91 Å². The van der Waals surface area contributed by atoms with E-state index >= 15 is 0 Å². The molecule has 1 aromatic rings. The van der Waals surface area contributed by atoms with Crippen molar-refractivity contribution in [3.8, 4) is 0 Å². The number of nitrogens with one attached hydrogen (secondary N) is 2. The highest BCUT2D eigenvalue weighted by molar-refractivity contribution is 6.17. The molecule has 2 rings (SSSR count). The number of fused-ring (bicyclic) bond motifs is 1. The van der Waals surface area contributed by atoms with Crippen molar-refractivity contribution >= 4 is 23.2 Å². The topological polar surface area (TPSA) is 41.1 Å². The van der Waals surface area contributed by atoms with Gasteiger partial charge in [0, 0.05) is 18.1 Å². The standard InChI is InChI=1S/C12H15ClN2O/c13-4-1-5-14-8-9-2-3-11-10(6-9)7-12(16)15-11/h2-3,6,14H,1,4-5,7-8H2,(H,15,16). The Labute approximate surface area is 100 Å². The summed E-state index contributed by atoms with van der Waals surface area (Å²) in [6.45, 7) is 1.76. The molecule has 0 aliphatic carbocycles. The van der Waals surface area contributed by atoms with Gasteiger partial charge in [-0.1, -0.05) is 12.1 Å². The Morgan fingerprint density at radius 3 is 3.12 bits per heavy atom. The van der Waals surface area contributed by atoms with E-state index in [0.717, 1.165) is 30.8 Å². The Bertz CT molecular complexity index is 393. The Kier molecular flexibility index (Phi) is 3.80. The minimum atomic E-state index is 0.0854. The van der Waals surface area contributed by atoms with Crippen molar-refractivity contribution in [1.82, 2.24) is 5.32 Å². The Morgan fingerprint density at radius 2 is 2.31 bits per heavy atom. The number of carbonyl (C=O) groups is 1. The highest BCUT2D eigenvalue weighted by Crippen LogP contribution is 2.23. The van der Waals surface area contributed by atoms with Gasteiger partial charge in [-0.05, 0) is 30.2 Å². The van der Waals surface area contributed by atoms with Crippen LogP contribution in [0.4, 0.5) is 5.69 Å². The molecule has 1 amide bonds. The van der Waals surface area contributed by atoms with E-state index in [0.29, 0.717) is 12.3 Å². The average molecular weight is 239 g/mol. The molecule has 0 radical (unpaired) electrons. The summed E-state index contributed by atoms with van der Waals surface area (Å²) in [7, 11) is 0. The molecular formula is C12H15ClN2O. The summed E-state index contributed by atoms with van der Waals surface area (Å²) in [6, 6.07) is 6.10. The zero-order valence-corrected chi connectivity index (χ0v) is 9.81. The van der Waals surface area contributed by atoms with Crippen LogP contribution < -0.4 is 10.6 Å². The van der Waals surface area contributed by atoms with Crippen molar-refractivity contribution < 1.29 is 4.79 Å². The summed E-state index contributed by atoms with van der Waals surface area (Å²) in [6.07, 6.45) is 1.48. The fourth-order valence-corrected chi connectivity index (χ4v) is 1.95. The lowest BCUT2D eigenvalue weighted by molar-refractivity contribution is -0.115. The minimum Gasteiger partial charge on any atom is -0.326 e. The number of anilines is 1. The fourth-order valence-electron chi connectivity index (χ4n) is 1.82. The van der Waals surface area contributed by atoms with Gasteiger partial charge in [-0.2, -0.15) is 0 Å². The fraction of sp³-hybridized carbons (Fsp3) is 0.417. The van der Waals surface area contributed by atoms with Crippen LogP contribution in [0, 0.1) is 0 Å². The molecule has 3 nitrogen and oxygen atoms in total. The molecule has 0 saturated heterocycles. The Morgan fingerprint density at radius 1 is 1.44 bits per heavy atom. The van der Waals surface area contributed by atoms with Crippen LogP contribution in [0.2, 0.25) is 0 Å². The van der Waals surface area contributed by atoms with E-state index < -0.39 is 0 Å². The van der Waals surface area contributed by atoms with Gasteiger partial charge < -0.3 is 10.6 Å². The van der Waals surface area contributed by atoms with Crippen LogP contribution in [0.3, 0.4) is 0 Å². The molecule has 0 saturated carbocycles. The van der Waals surface area contributed by atoms with E-state index in [2.05, 4.69) is 16.7 Å². The predicted molar refractivity (Wildman–Crippen MR) is 65.8 cm³/mol. The van der Waals surface area contributed by atoms with Crippen molar-refractivity contribution in [3.63, 3.8) is 0 Å². The maximum Gasteiger partial charge on any atom is 0.228 e. The smallest absolute Gasteiger partial charge is 0.228 e. The summed E-state index contributed by atoms with van der Waals surface area (Å²) in [5, 5.41) is 6.14. The first-order chi connectivity index (χ1) is 7.79. The summed E-state index contributed by atoms with van der Waals surface area (Å²) in [5.74, 6) is 0.776. The van der Waals surface area contributed by atoms with Crippen molar-refractivity contribution in [1.29, 1.82) is 0 Å². The predicted octanol–water partition coefficient (Wildman–Crippen LogP) is 1.90. The van der Waals surface area contributed by atoms with Gasteiger partial charge in [-0.15, -0.1) is 11.6 Å². The molecule has 1 aromatic carbocycles. The zero-order chi connectivity index (χ0) is 11.4. The molecule has 0 atom stereocenters. The van der Waals surface area contributed by atoms with E-state index in [1.165, 1.54) is 5.56 Å². The highest BCUT2D eigenvalue weighted by atomic mass is 35.5. The molecular weight excluding hydrogens is 224 g/mol. The van der Waals surface area contributed by atoms with Crippen molar-refractivity contribution in [3.05, 3.63) is 29.3 Å². The second-order valence-corrected chi connectivity index (χ2v) is 4.31. The molecule has 0 unspecified atom stereocenters. The average Bonchev–Trinajstić information content (AvgIpc) is 2.64. The number of hydrogen-bond donors (Lipinski definition) is 2. The van der Waals surface area contributed by atoms with Crippen LogP contribution in [0.15, 0.2) is 18.2 Å². The summed E-state index contributed by atoms with van der Waals surface area (Å²) >= 11 is 5.59. The number of amides is 1. The van der Waals surface area contributed by atoms with E-state index in [1.807, 2.05) is 12.1 Å². The first-order valence-corrected chi connectivity index (χ1v) is 6.01. The molecule has 1 aliphatic rings. The Hall–Kier alpha value is -1.06. The molecule has 16 heavy (non-hydrogen) atoms. The monoisotopic (exact) mass is 238 g/mol. The van der Waals surface area contributed by atoms with Gasteiger partial charge in [0.25, 0.3) is 0 Å². The van der Waals surface area contributed by atoms with Gasteiger partial charge in [-0.25, -0.2) is 0 Å². The Balaban J connectivity index is 1.92. The van der Waals surface area contributed by atoms with E-state index in [9.17, 15) is 4.79 Å². The third kappa shape index (κ3) is 2.74. The maximum atomic E-state index is 11.2. The molecule has 0 fully saturated rings. The van der Waals surface area contributed by atoms with Crippen LogP contribution in [-0.2, 0) is 17.8 Å². The van der Waals surface area contributed by atoms with Crippen LogP contribution in [0.1, 0.15) is 17.5 Å². The number of hydrogen-bond acceptors (Lipinski definition) is 2. The number of halogens is 1. The SMILES string of the molecule is O=C1Cc2cc(CNCCCCl)ccc2N1. The summed E-state index contributed by atoms with van der Waals surface area (Å²) < 4.78 is 0. The summed E-state index contributed by atoms with van der Waals surface area (Å²) in [5.41, 5.74) is 3.26. The lowest BCUT2D eigenvalue weighted by Crippen LogP contribution is -2.15. The minimum absolute atomic E-state index is 0.0854. The molecule has 0 aromatic heterocycles. The van der Waals surface area contributed by atoms with Crippen LogP contribution >= 0.6 is 11.6 Å². The number of benzene rings is 1. The van der Waals surface area contributed by atoms with E-state index in [4.69, 9.17) is 11.6 Å². The third-order valence-corrected chi connectivity index (χ3v) is 2.88. The first kappa shape index (κ1) is 11.4. The maximum absolute atomic E-state index is 11.2. The van der Waals surface area contributed by atoms with Crippen molar-refractivity contribution in [2.24, 2.45) is 0 Å². The number of carbonyl (C=O) groups excluding carboxylic acids is 1. The molecule has 1 heterocycles. The van der Waals surface area contributed by atoms with Gasteiger partial charge in [0.2, 0.25) is 5.91 Å². The normalized spacial score (nSPS) is 13.7. The van der Waals surface area contributed by atoms with Crippen LogP contribution in [0.25, 0.3) is 0 Å². The molecule has 0 bridgehead atoms. The molecule has 86 valence electrons. The molecule has 0 spiro atoms. The number of rotatable bonds is 5. The van der Waals surface area contributed by atoms with Gasteiger partial charge in [0.15, 0.2) is 0 Å². The van der Waals surface area contributed by atoms with Gasteiger partial charge in [-0.3, -0.25) is 4.79 Å². The quantitative estimate of drug-likeness (QED) is 0.608.